The molecule has 1 fully saturated rings. The molecule has 1 aromatic heterocycles. The molecule has 2 aromatic rings. The van der Waals surface area contributed by atoms with Gasteiger partial charge in [0.15, 0.2) is 11.6 Å². The van der Waals surface area contributed by atoms with Gasteiger partial charge in [-0.15, -0.1) is 0 Å². The van der Waals surface area contributed by atoms with Crippen LogP contribution in [0.1, 0.15) is 46.5 Å². The fourth-order valence-corrected chi connectivity index (χ4v) is 3.69. The van der Waals surface area contributed by atoms with Gasteiger partial charge in [0.05, 0.1) is 13.5 Å². The average Bonchev–Trinajstić information content (AvgIpc) is 3.10. The monoisotopic (exact) mass is 419 g/mol. The van der Waals surface area contributed by atoms with E-state index < -0.39 is 0 Å². The van der Waals surface area contributed by atoms with Gasteiger partial charge in [0, 0.05) is 38.1 Å². The molecule has 1 saturated heterocycles. The topological polar surface area (TPSA) is 75.9 Å². The number of halogens is 1. The van der Waals surface area contributed by atoms with Crippen molar-refractivity contribution in [2.75, 3.05) is 34.3 Å². The molecule has 0 atom stereocenters. The van der Waals surface area contributed by atoms with Gasteiger partial charge in [0.1, 0.15) is 11.5 Å². The summed E-state index contributed by atoms with van der Waals surface area (Å²) in [6, 6.07) is 5.34. The number of amides is 2. The van der Waals surface area contributed by atoms with Crippen LogP contribution in [-0.4, -0.2) is 60.9 Å². The molecule has 0 spiro atoms. The fourth-order valence-electron chi connectivity index (χ4n) is 3.45. The summed E-state index contributed by atoms with van der Waals surface area (Å²) in [5.74, 6) is 1.76. The summed E-state index contributed by atoms with van der Waals surface area (Å²) in [6.45, 7) is 3.00. The van der Waals surface area contributed by atoms with E-state index >= 15 is 0 Å². The Morgan fingerprint density at radius 3 is 2.59 bits per heavy atom. The highest BCUT2D eigenvalue weighted by Gasteiger charge is 2.29. The van der Waals surface area contributed by atoms with Gasteiger partial charge in [-0.25, -0.2) is 4.98 Å². The van der Waals surface area contributed by atoms with Crippen LogP contribution in [0.25, 0.3) is 0 Å². The molecule has 0 aliphatic carbocycles. The number of rotatable bonds is 5. The molecule has 7 nitrogen and oxygen atoms in total. The van der Waals surface area contributed by atoms with Crippen molar-refractivity contribution in [3.8, 4) is 5.75 Å². The smallest absolute Gasteiger partial charge is 0.275 e. The molecule has 1 aliphatic rings. The van der Waals surface area contributed by atoms with Crippen LogP contribution in [0.2, 0.25) is 5.02 Å². The standard InChI is InChI=1S/C21H26ClN3O4/c1-13-19(21(27)24(2)3)23-20(29-13)14-7-9-25(10-8-14)18(26)11-15-5-6-16(28-4)12-17(15)22/h5-6,12,14H,7-11H2,1-4H3. The van der Waals surface area contributed by atoms with E-state index in [9.17, 15) is 9.59 Å². The number of aromatic nitrogens is 1. The highest BCUT2D eigenvalue weighted by atomic mass is 35.5. The first kappa shape index (κ1) is 21.2. The van der Waals surface area contributed by atoms with Crippen molar-refractivity contribution in [1.82, 2.24) is 14.8 Å². The van der Waals surface area contributed by atoms with Crippen molar-refractivity contribution < 1.29 is 18.7 Å². The lowest BCUT2D eigenvalue weighted by molar-refractivity contribution is -0.131. The SMILES string of the molecule is COc1ccc(CC(=O)N2CCC(c3nc(C(=O)N(C)C)c(C)o3)CC2)c(Cl)c1. The number of piperidine rings is 1. The molecule has 0 bridgehead atoms. The van der Waals surface area contributed by atoms with Crippen LogP contribution in [0.5, 0.6) is 5.75 Å². The summed E-state index contributed by atoms with van der Waals surface area (Å²) < 4.78 is 10.9. The molecular weight excluding hydrogens is 394 g/mol. The van der Waals surface area contributed by atoms with Gasteiger partial charge in [-0.2, -0.15) is 0 Å². The summed E-state index contributed by atoms with van der Waals surface area (Å²) in [6.07, 6.45) is 1.75. The molecule has 156 valence electrons. The van der Waals surface area contributed by atoms with Crippen LogP contribution in [0.3, 0.4) is 0 Å². The van der Waals surface area contributed by atoms with Crippen LogP contribution in [-0.2, 0) is 11.2 Å². The predicted molar refractivity (Wildman–Crippen MR) is 110 cm³/mol. The van der Waals surface area contributed by atoms with Crippen molar-refractivity contribution in [3.05, 3.63) is 46.1 Å². The zero-order chi connectivity index (χ0) is 21.1. The Labute approximate surface area is 175 Å². The van der Waals surface area contributed by atoms with Crippen LogP contribution in [0.15, 0.2) is 22.6 Å². The molecule has 0 saturated carbocycles. The Bertz CT molecular complexity index is 901. The predicted octanol–water partition coefficient (Wildman–Crippen LogP) is 3.30. The van der Waals surface area contributed by atoms with Crippen molar-refractivity contribution in [2.24, 2.45) is 0 Å². The number of likely N-dealkylation sites (tertiary alicyclic amines) is 1. The summed E-state index contributed by atoms with van der Waals surface area (Å²) in [4.78, 5) is 32.6. The van der Waals surface area contributed by atoms with Gasteiger partial charge >= 0.3 is 0 Å². The molecule has 0 radical (unpaired) electrons. The fraction of sp³-hybridized carbons (Fsp3) is 0.476. The number of benzene rings is 1. The number of carbonyl (C=O) groups is 2. The summed E-state index contributed by atoms with van der Waals surface area (Å²) in [5.41, 5.74) is 1.15. The molecule has 3 rings (SSSR count). The van der Waals surface area contributed by atoms with Crippen molar-refractivity contribution in [3.63, 3.8) is 0 Å². The molecule has 2 amide bonds. The normalized spacial score (nSPS) is 14.7. The molecule has 8 heteroatoms. The number of carbonyl (C=O) groups excluding carboxylic acids is 2. The third-order valence-electron chi connectivity index (χ3n) is 5.22. The second-order valence-electron chi connectivity index (χ2n) is 7.45. The van der Waals surface area contributed by atoms with E-state index in [1.807, 2.05) is 11.0 Å². The van der Waals surface area contributed by atoms with Crippen molar-refractivity contribution >= 4 is 23.4 Å². The van der Waals surface area contributed by atoms with E-state index in [-0.39, 0.29) is 24.2 Å². The van der Waals surface area contributed by atoms with Gasteiger partial charge in [-0.1, -0.05) is 17.7 Å². The minimum Gasteiger partial charge on any atom is -0.497 e. The number of hydrogen-bond acceptors (Lipinski definition) is 5. The Balaban J connectivity index is 1.60. The molecule has 1 aromatic carbocycles. The first-order valence-corrected chi connectivity index (χ1v) is 9.97. The summed E-state index contributed by atoms with van der Waals surface area (Å²) >= 11 is 6.26. The van der Waals surface area contributed by atoms with Gasteiger partial charge in [-0.05, 0) is 37.5 Å². The number of nitrogens with zero attached hydrogens (tertiary/aromatic N) is 3. The average molecular weight is 420 g/mol. The first-order chi connectivity index (χ1) is 13.8. The third kappa shape index (κ3) is 4.72. The number of hydrogen-bond donors (Lipinski definition) is 0. The Hall–Kier alpha value is -2.54. The number of oxazole rings is 1. The maximum atomic E-state index is 12.7. The van der Waals surface area contributed by atoms with E-state index in [2.05, 4.69) is 4.98 Å². The second-order valence-corrected chi connectivity index (χ2v) is 7.85. The van der Waals surface area contributed by atoms with E-state index in [4.69, 9.17) is 20.8 Å². The first-order valence-electron chi connectivity index (χ1n) is 9.59. The maximum absolute atomic E-state index is 12.7. The quantitative estimate of drug-likeness (QED) is 0.743. The highest BCUT2D eigenvalue weighted by molar-refractivity contribution is 6.31. The molecule has 29 heavy (non-hydrogen) atoms. The van der Waals surface area contributed by atoms with Crippen molar-refractivity contribution in [1.29, 1.82) is 0 Å². The van der Waals surface area contributed by atoms with E-state index in [1.165, 1.54) is 4.90 Å². The minimum atomic E-state index is -0.165. The lowest BCUT2D eigenvalue weighted by Gasteiger charge is -2.30. The summed E-state index contributed by atoms with van der Waals surface area (Å²) in [7, 11) is 4.96. The van der Waals surface area contributed by atoms with Crippen LogP contribution >= 0.6 is 11.6 Å². The number of methoxy groups -OCH3 is 1. The van der Waals surface area contributed by atoms with Gasteiger partial charge < -0.3 is 19.0 Å². The van der Waals surface area contributed by atoms with E-state index in [0.717, 1.165) is 18.4 Å². The second kappa shape index (κ2) is 8.86. The maximum Gasteiger partial charge on any atom is 0.275 e. The van der Waals surface area contributed by atoms with Gasteiger partial charge in [0.25, 0.3) is 5.91 Å². The molecule has 2 heterocycles. The van der Waals surface area contributed by atoms with Gasteiger partial charge in [0.2, 0.25) is 5.91 Å². The number of ether oxygens (including phenoxy) is 1. The lowest BCUT2D eigenvalue weighted by Crippen LogP contribution is -2.38. The Kier molecular flexibility index (Phi) is 6.47. The highest BCUT2D eigenvalue weighted by Crippen LogP contribution is 2.30. The zero-order valence-electron chi connectivity index (χ0n) is 17.2. The van der Waals surface area contributed by atoms with Crippen molar-refractivity contribution in [2.45, 2.75) is 32.1 Å². The van der Waals surface area contributed by atoms with Crippen LogP contribution < -0.4 is 4.74 Å². The van der Waals surface area contributed by atoms with Crippen LogP contribution in [0.4, 0.5) is 0 Å². The molecule has 1 aliphatic heterocycles. The van der Waals surface area contributed by atoms with E-state index in [1.54, 1.807) is 40.3 Å². The largest absolute Gasteiger partial charge is 0.497 e. The lowest BCUT2D eigenvalue weighted by atomic mass is 9.96. The van der Waals surface area contributed by atoms with Gasteiger partial charge in [-0.3, -0.25) is 9.59 Å². The van der Waals surface area contributed by atoms with E-state index in [0.29, 0.717) is 41.2 Å². The number of aryl methyl sites for hydroxylation is 1. The third-order valence-corrected chi connectivity index (χ3v) is 5.57. The Morgan fingerprint density at radius 2 is 2.00 bits per heavy atom. The molecular formula is C21H26ClN3O4. The molecule has 0 N–H and O–H groups in total. The minimum absolute atomic E-state index is 0.0441. The Morgan fingerprint density at radius 1 is 1.31 bits per heavy atom. The molecule has 0 unspecified atom stereocenters. The summed E-state index contributed by atoms with van der Waals surface area (Å²) in [5, 5.41) is 0.529. The van der Waals surface area contributed by atoms with Crippen LogP contribution in [0, 0.1) is 6.92 Å². The zero-order valence-corrected chi connectivity index (χ0v) is 18.0.